The van der Waals surface area contributed by atoms with Crippen LogP contribution in [0.5, 0.6) is 11.6 Å². The van der Waals surface area contributed by atoms with Gasteiger partial charge in [-0.05, 0) is 25.1 Å². The molecule has 0 bridgehead atoms. The van der Waals surface area contributed by atoms with E-state index < -0.39 is 4.92 Å². The van der Waals surface area contributed by atoms with Crippen molar-refractivity contribution in [2.75, 3.05) is 0 Å². The van der Waals surface area contributed by atoms with E-state index in [9.17, 15) is 10.1 Å². The monoisotopic (exact) mass is 264 g/mol. The maximum atomic E-state index is 10.7. The van der Waals surface area contributed by atoms with Gasteiger partial charge in [-0.3, -0.25) is 10.1 Å². The number of halogens is 1. The third-order valence-corrected chi connectivity index (χ3v) is 2.49. The van der Waals surface area contributed by atoms with Crippen LogP contribution in [0.2, 0.25) is 5.15 Å². The summed E-state index contributed by atoms with van der Waals surface area (Å²) in [7, 11) is 0. The van der Waals surface area contributed by atoms with Gasteiger partial charge in [0, 0.05) is 17.7 Å². The number of nitro benzene ring substituents is 1. The molecule has 1 heterocycles. The standard InChI is InChI=1S/C12H9ClN2O3/c1-8-7-9(5-6-10(8)15(16)17)18-12-4-2-3-11(13)14-12/h2-7H,1H3. The van der Waals surface area contributed by atoms with Gasteiger partial charge in [0.05, 0.1) is 4.92 Å². The van der Waals surface area contributed by atoms with E-state index in [0.29, 0.717) is 22.3 Å². The van der Waals surface area contributed by atoms with Gasteiger partial charge in [-0.15, -0.1) is 0 Å². The van der Waals surface area contributed by atoms with Crippen molar-refractivity contribution < 1.29 is 9.66 Å². The maximum absolute atomic E-state index is 10.7. The van der Waals surface area contributed by atoms with Crippen LogP contribution in [-0.4, -0.2) is 9.91 Å². The van der Waals surface area contributed by atoms with E-state index in [-0.39, 0.29) is 5.69 Å². The molecule has 0 saturated heterocycles. The van der Waals surface area contributed by atoms with Crippen LogP contribution < -0.4 is 4.74 Å². The first-order valence-corrected chi connectivity index (χ1v) is 5.49. The van der Waals surface area contributed by atoms with E-state index in [2.05, 4.69) is 4.98 Å². The highest BCUT2D eigenvalue weighted by atomic mass is 35.5. The van der Waals surface area contributed by atoms with Crippen molar-refractivity contribution in [3.05, 3.63) is 57.2 Å². The zero-order chi connectivity index (χ0) is 13.1. The van der Waals surface area contributed by atoms with Gasteiger partial charge in [0.1, 0.15) is 10.9 Å². The number of nitro groups is 1. The van der Waals surface area contributed by atoms with Gasteiger partial charge in [0.2, 0.25) is 5.88 Å². The van der Waals surface area contributed by atoms with Crippen LogP contribution in [0.1, 0.15) is 5.56 Å². The van der Waals surface area contributed by atoms with E-state index in [0.717, 1.165) is 0 Å². The first kappa shape index (κ1) is 12.3. The van der Waals surface area contributed by atoms with Crippen molar-refractivity contribution in [2.24, 2.45) is 0 Å². The summed E-state index contributed by atoms with van der Waals surface area (Å²) in [5, 5.41) is 11.0. The van der Waals surface area contributed by atoms with Gasteiger partial charge in [-0.25, -0.2) is 4.98 Å². The average molecular weight is 265 g/mol. The molecule has 0 N–H and O–H groups in total. The van der Waals surface area contributed by atoms with Crippen molar-refractivity contribution >= 4 is 17.3 Å². The molecule has 0 aliphatic rings. The number of hydrogen-bond acceptors (Lipinski definition) is 4. The van der Waals surface area contributed by atoms with E-state index in [1.54, 1.807) is 31.2 Å². The predicted molar refractivity (Wildman–Crippen MR) is 67.2 cm³/mol. The highest BCUT2D eigenvalue weighted by molar-refractivity contribution is 6.29. The van der Waals surface area contributed by atoms with E-state index >= 15 is 0 Å². The summed E-state index contributed by atoms with van der Waals surface area (Å²) in [6.45, 7) is 1.65. The van der Waals surface area contributed by atoms with Crippen LogP contribution in [0.25, 0.3) is 0 Å². The fourth-order valence-electron chi connectivity index (χ4n) is 1.46. The second-order valence-electron chi connectivity index (χ2n) is 3.61. The summed E-state index contributed by atoms with van der Waals surface area (Å²) in [5.74, 6) is 0.823. The van der Waals surface area contributed by atoms with Gasteiger partial charge >= 0.3 is 0 Å². The Labute approximate surface area is 108 Å². The third-order valence-electron chi connectivity index (χ3n) is 2.28. The quantitative estimate of drug-likeness (QED) is 0.481. The maximum Gasteiger partial charge on any atom is 0.272 e. The molecule has 6 heteroatoms. The first-order valence-electron chi connectivity index (χ1n) is 5.12. The van der Waals surface area contributed by atoms with Gasteiger partial charge in [0.25, 0.3) is 5.69 Å². The number of aromatic nitrogens is 1. The lowest BCUT2D eigenvalue weighted by Gasteiger charge is -2.05. The molecule has 2 rings (SSSR count). The van der Waals surface area contributed by atoms with Gasteiger partial charge in [-0.1, -0.05) is 17.7 Å². The molecule has 92 valence electrons. The molecule has 0 aliphatic heterocycles. The largest absolute Gasteiger partial charge is 0.439 e. The van der Waals surface area contributed by atoms with Gasteiger partial charge < -0.3 is 4.74 Å². The molecule has 0 atom stereocenters. The van der Waals surface area contributed by atoms with Gasteiger partial charge in [0.15, 0.2) is 0 Å². The number of hydrogen-bond donors (Lipinski definition) is 0. The molecule has 2 aromatic rings. The molecule has 0 amide bonds. The number of pyridine rings is 1. The van der Waals surface area contributed by atoms with Crippen molar-refractivity contribution in [1.29, 1.82) is 0 Å². The van der Waals surface area contributed by atoms with Crippen LogP contribution in [-0.2, 0) is 0 Å². The highest BCUT2D eigenvalue weighted by Crippen LogP contribution is 2.26. The summed E-state index contributed by atoms with van der Waals surface area (Å²) in [5.41, 5.74) is 0.584. The summed E-state index contributed by atoms with van der Waals surface area (Å²) in [4.78, 5) is 14.2. The zero-order valence-electron chi connectivity index (χ0n) is 9.46. The summed E-state index contributed by atoms with van der Waals surface area (Å²) in [6, 6.07) is 9.50. The Morgan fingerprint density at radius 2 is 2.11 bits per heavy atom. The van der Waals surface area contributed by atoms with E-state index in [4.69, 9.17) is 16.3 Å². The lowest BCUT2D eigenvalue weighted by atomic mass is 10.2. The normalized spacial score (nSPS) is 10.1. The zero-order valence-corrected chi connectivity index (χ0v) is 10.2. The molecular formula is C12H9ClN2O3. The van der Waals surface area contributed by atoms with Crippen molar-refractivity contribution in [3.8, 4) is 11.6 Å². The van der Waals surface area contributed by atoms with Crippen LogP contribution in [0.4, 0.5) is 5.69 Å². The molecule has 0 radical (unpaired) electrons. The Morgan fingerprint density at radius 1 is 1.33 bits per heavy atom. The molecule has 0 spiro atoms. The molecule has 0 aliphatic carbocycles. The number of aryl methyl sites for hydroxylation is 1. The topological polar surface area (TPSA) is 65.3 Å². The molecule has 1 aromatic carbocycles. The number of benzene rings is 1. The molecule has 18 heavy (non-hydrogen) atoms. The third kappa shape index (κ3) is 2.75. The van der Waals surface area contributed by atoms with Crippen LogP contribution in [0, 0.1) is 17.0 Å². The number of rotatable bonds is 3. The lowest BCUT2D eigenvalue weighted by molar-refractivity contribution is -0.385. The minimum Gasteiger partial charge on any atom is -0.439 e. The van der Waals surface area contributed by atoms with Gasteiger partial charge in [-0.2, -0.15) is 0 Å². The smallest absolute Gasteiger partial charge is 0.272 e. The Morgan fingerprint density at radius 3 is 2.72 bits per heavy atom. The summed E-state index contributed by atoms with van der Waals surface area (Å²) in [6.07, 6.45) is 0. The fraction of sp³-hybridized carbons (Fsp3) is 0.0833. The highest BCUT2D eigenvalue weighted by Gasteiger charge is 2.11. The number of ether oxygens (including phenoxy) is 1. The Hall–Kier alpha value is -2.14. The average Bonchev–Trinajstić information content (AvgIpc) is 2.28. The van der Waals surface area contributed by atoms with Crippen LogP contribution in [0.3, 0.4) is 0 Å². The summed E-state index contributed by atoms with van der Waals surface area (Å²) >= 11 is 5.73. The van der Waals surface area contributed by atoms with Crippen molar-refractivity contribution in [1.82, 2.24) is 4.98 Å². The molecule has 1 aromatic heterocycles. The fourth-order valence-corrected chi connectivity index (χ4v) is 1.62. The molecule has 0 saturated carbocycles. The first-order chi connectivity index (χ1) is 8.56. The molecule has 0 fully saturated rings. The SMILES string of the molecule is Cc1cc(Oc2cccc(Cl)n2)ccc1[N+](=O)[O-]. The van der Waals surface area contributed by atoms with Crippen molar-refractivity contribution in [2.45, 2.75) is 6.92 Å². The molecular weight excluding hydrogens is 256 g/mol. The predicted octanol–water partition coefficient (Wildman–Crippen LogP) is 3.74. The lowest BCUT2D eigenvalue weighted by Crippen LogP contribution is -1.93. The van der Waals surface area contributed by atoms with Crippen LogP contribution in [0.15, 0.2) is 36.4 Å². The second-order valence-corrected chi connectivity index (χ2v) is 3.99. The minimum absolute atomic E-state index is 0.0569. The van der Waals surface area contributed by atoms with Crippen molar-refractivity contribution in [3.63, 3.8) is 0 Å². The van der Waals surface area contributed by atoms with E-state index in [1.807, 2.05) is 0 Å². The summed E-state index contributed by atoms with van der Waals surface area (Å²) < 4.78 is 5.46. The minimum atomic E-state index is -0.434. The van der Waals surface area contributed by atoms with Crippen LogP contribution >= 0.6 is 11.6 Å². The van der Waals surface area contributed by atoms with E-state index in [1.165, 1.54) is 12.1 Å². The number of nitrogens with zero attached hydrogens (tertiary/aromatic N) is 2. The molecule has 5 nitrogen and oxygen atoms in total. The Balaban J connectivity index is 2.25. The molecule has 0 unspecified atom stereocenters. The Kier molecular flexibility index (Phi) is 3.43. The second kappa shape index (κ2) is 5.01. The Bertz CT molecular complexity index is 602.